The molecule has 0 aliphatic carbocycles. The molecule has 0 aliphatic rings. The maximum atomic E-state index is 9.71. The monoisotopic (exact) mass is 378 g/mol. The first-order valence-corrected chi connectivity index (χ1v) is 9.61. The molecule has 28 heavy (non-hydrogen) atoms. The van der Waals surface area contributed by atoms with Crippen LogP contribution in [0.1, 0.15) is 5.56 Å². The summed E-state index contributed by atoms with van der Waals surface area (Å²) in [6.07, 6.45) is 0. The van der Waals surface area contributed by atoms with Gasteiger partial charge in [-0.3, -0.25) is 0 Å². The average Bonchev–Trinajstić information content (AvgIpc) is 3.11. The SMILES string of the molecule is N#Cc1c(N)nc2c(sc3nc(-c4ccccc4)ccc32)c1-c1ccccc1. The summed E-state index contributed by atoms with van der Waals surface area (Å²) in [6.45, 7) is 0. The molecule has 2 N–H and O–H groups in total. The fourth-order valence-corrected chi connectivity index (χ4v) is 4.61. The third kappa shape index (κ3) is 2.51. The normalized spacial score (nSPS) is 11.0. The zero-order valence-corrected chi connectivity index (χ0v) is 15.6. The van der Waals surface area contributed by atoms with Crippen molar-refractivity contribution >= 4 is 37.6 Å². The van der Waals surface area contributed by atoms with Gasteiger partial charge in [0.1, 0.15) is 22.3 Å². The minimum absolute atomic E-state index is 0.251. The van der Waals surface area contributed by atoms with Crippen LogP contribution in [0.25, 0.3) is 42.8 Å². The Bertz CT molecular complexity index is 1370. The third-order valence-corrected chi connectivity index (χ3v) is 5.84. The Balaban J connectivity index is 1.85. The lowest BCUT2D eigenvalue weighted by atomic mass is 10.0. The van der Waals surface area contributed by atoms with E-state index in [-0.39, 0.29) is 5.82 Å². The molecule has 5 aromatic rings. The van der Waals surface area contributed by atoms with E-state index < -0.39 is 0 Å². The molecule has 3 aromatic heterocycles. The van der Waals surface area contributed by atoms with Crippen molar-refractivity contribution in [1.29, 1.82) is 5.26 Å². The highest BCUT2D eigenvalue weighted by Gasteiger charge is 2.19. The number of nitrogens with zero attached hydrogens (tertiary/aromatic N) is 3. The summed E-state index contributed by atoms with van der Waals surface area (Å²) in [5.41, 5.74) is 11.1. The number of thiophene rings is 1. The minimum Gasteiger partial charge on any atom is -0.383 e. The van der Waals surface area contributed by atoms with Gasteiger partial charge in [0.15, 0.2) is 0 Å². The summed E-state index contributed by atoms with van der Waals surface area (Å²) in [7, 11) is 0. The van der Waals surface area contributed by atoms with Crippen LogP contribution in [-0.4, -0.2) is 9.97 Å². The Morgan fingerprint density at radius 3 is 2.18 bits per heavy atom. The Hall–Kier alpha value is -3.75. The Morgan fingerprint density at radius 2 is 1.50 bits per heavy atom. The van der Waals surface area contributed by atoms with Crippen molar-refractivity contribution in [2.24, 2.45) is 0 Å². The number of aromatic nitrogens is 2. The quantitative estimate of drug-likeness (QED) is 0.432. The highest BCUT2D eigenvalue weighted by atomic mass is 32.1. The van der Waals surface area contributed by atoms with E-state index in [1.54, 1.807) is 11.3 Å². The number of hydrogen-bond acceptors (Lipinski definition) is 5. The summed E-state index contributed by atoms with van der Waals surface area (Å²) in [4.78, 5) is 10.3. The molecule has 0 amide bonds. The second-order valence-electron chi connectivity index (χ2n) is 6.42. The van der Waals surface area contributed by atoms with Crippen molar-refractivity contribution in [3.05, 3.63) is 78.4 Å². The van der Waals surface area contributed by atoms with E-state index in [4.69, 9.17) is 10.7 Å². The molecule has 5 rings (SSSR count). The number of fused-ring (bicyclic) bond motifs is 3. The van der Waals surface area contributed by atoms with Crippen molar-refractivity contribution in [3.8, 4) is 28.5 Å². The molecular formula is C23H14N4S. The Kier molecular flexibility index (Phi) is 3.78. The zero-order valence-electron chi connectivity index (χ0n) is 14.8. The van der Waals surface area contributed by atoms with Crippen LogP contribution in [-0.2, 0) is 0 Å². The molecule has 3 heterocycles. The topological polar surface area (TPSA) is 75.6 Å². The van der Waals surface area contributed by atoms with E-state index in [9.17, 15) is 5.26 Å². The van der Waals surface area contributed by atoms with Gasteiger partial charge in [0.25, 0.3) is 0 Å². The first kappa shape index (κ1) is 16.4. The lowest BCUT2D eigenvalue weighted by molar-refractivity contribution is 1.39. The van der Waals surface area contributed by atoms with Gasteiger partial charge < -0.3 is 5.73 Å². The number of anilines is 1. The van der Waals surface area contributed by atoms with Crippen molar-refractivity contribution in [1.82, 2.24) is 9.97 Å². The number of benzene rings is 2. The Labute approximate surface area is 165 Å². The molecule has 0 saturated heterocycles. The first-order valence-electron chi connectivity index (χ1n) is 8.80. The number of hydrogen-bond donors (Lipinski definition) is 1. The molecule has 0 atom stereocenters. The van der Waals surface area contributed by atoms with Crippen molar-refractivity contribution in [2.45, 2.75) is 0 Å². The van der Waals surface area contributed by atoms with E-state index in [0.29, 0.717) is 5.56 Å². The van der Waals surface area contributed by atoms with Crippen LogP contribution in [0.4, 0.5) is 5.82 Å². The molecule has 5 heteroatoms. The van der Waals surface area contributed by atoms with E-state index in [1.807, 2.05) is 72.8 Å². The van der Waals surface area contributed by atoms with Gasteiger partial charge in [-0.15, -0.1) is 11.3 Å². The zero-order chi connectivity index (χ0) is 19.1. The van der Waals surface area contributed by atoms with Crippen LogP contribution in [0, 0.1) is 11.3 Å². The summed E-state index contributed by atoms with van der Waals surface area (Å²) in [5.74, 6) is 0.251. The standard InChI is InChI=1S/C23H14N4S/c24-13-17-19(15-9-5-2-6-10-15)21-20(27-22(17)25)16-11-12-18(26-23(16)28-21)14-7-3-1-4-8-14/h1-12H,(H2,25,27). The molecule has 132 valence electrons. The highest BCUT2D eigenvalue weighted by molar-refractivity contribution is 7.26. The fourth-order valence-electron chi connectivity index (χ4n) is 3.43. The Morgan fingerprint density at radius 1 is 0.821 bits per heavy atom. The number of pyridine rings is 2. The third-order valence-electron chi connectivity index (χ3n) is 4.74. The smallest absolute Gasteiger partial charge is 0.142 e. The number of nitriles is 1. The summed E-state index contributed by atoms with van der Waals surface area (Å²) < 4.78 is 0.935. The molecule has 0 radical (unpaired) electrons. The molecule has 0 fully saturated rings. The van der Waals surface area contributed by atoms with E-state index >= 15 is 0 Å². The van der Waals surface area contributed by atoms with Crippen molar-refractivity contribution < 1.29 is 0 Å². The predicted molar refractivity (Wildman–Crippen MR) is 115 cm³/mol. The average molecular weight is 378 g/mol. The van der Waals surface area contributed by atoms with Crippen molar-refractivity contribution in [2.75, 3.05) is 5.73 Å². The number of rotatable bonds is 2. The maximum absolute atomic E-state index is 9.71. The van der Waals surface area contributed by atoms with Crippen LogP contribution < -0.4 is 5.73 Å². The molecule has 0 bridgehead atoms. The van der Waals surface area contributed by atoms with Crippen molar-refractivity contribution in [3.63, 3.8) is 0 Å². The van der Waals surface area contributed by atoms with Gasteiger partial charge in [-0.1, -0.05) is 60.7 Å². The highest BCUT2D eigenvalue weighted by Crippen LogP contribution is 2.42. The first-order chi connectivity index (χ1) is 13.8. The largest absolute Gasteiger partial charge is 0.383 e. The molecule has 2 aromatic carbocycles. The molecule has 0 aliphatic heterocycles. The van der Waals surface area contributed by atoms with Gasteiger partial charge in [0.2, 0.25) is 0 Å². The number of nitrogen functional groups attached to an aromatic ring is 1. The molecular weight excluding hydrogens is 364 g/mol. The summed E-state index contributed by atoms with van der Waals surface area (Å²) in [6, 6.07) is 26.2. The summed E-state index contributed by atoms with van der Waals surface area (Å²) in [5, 5.41) is 10.7. The maximum Gasteiger partial charge on any atom is 0.142 e. The van der Waals surface area contributed by atoms with Crippen LogP contribution in [0.15, 0.2) is 72.8 Å². The summed E-state index contributed by atoms with van der Waals surface area (Å²) >= 11 is 1.55. The number of nitrogens with two attached hydrogens (primary N) is 1. The van der Waals surface area contributed by atoms with Crippen LogP contribution in [0.5, 0.6) is 0 Å². The van der Waals surface area contributed by atoms with E-state index in [1.165, 1.54) is 0 Å². The van der Waals surface area contributed by atoms with Crippen LogP contribution >= 0.6 is 11.3 Å². The van der Waals surface area contributed by atoms with Crippen LogP contribution in [0.2, 0.25) is 0 Å². The lowest BCUT2D eigenvalue weighted by Gasteiger charge is -2.08. The molecule has 0 spiro atoms. The minimum atomic E-state index is 0.251. The molecule has 0 saturated carbocycles. The predicted octanol–water partition coefficient (Wildman–Crippen LogP) is 5.63. The van der Waals surface area contributed by atoms with Gasteiger partial charge in [-0.25, -0.2) is 9.97 Å². The van der Waals surface area contributed by atoms with Gasteiger partial charge in [-0.05, 0) is 17.7 Å². The second kappa shape index (κ2) is 6.45. The van der Waals surface area contributed by atoms with Gasteiger partial charge in [-0.2, -0.15) is 5.26 Å². The van der Waals surface area contributed by atoms with Gasteiger partial charge in [0.05, 0.1) is 15.9 Å². The van der Waals surface area contributed by atoms with Gasteiger partial charge in [0, 0.05) is 16.5 Å². The van der Waals surface area contributed by atoms with Gasteiger partial charge >= 0.3 is 0 Å². The second-order valence-corrected chi connectivity index (χ2v) is 7.42. The molecule has 4 nitrogen and oxygen atoms in total. The van der Waals surface area contributed by atoms with E-state index in [0.717, 1.165) is 42.8 Å². The molecule has 0 unspecified atom stereocenters. The van der Waals surface area contributed by atoms with E-state index in [2.05, 4.69) is 11.1 Å². The van der Waals surface area contributed by atoms with Crippen LogP contribution in [0.3, 0.4) is 0 Å². The fraction of sp³-hybridized carbons (Fsp3) is 0. The lowest BCUT2D eigenvalue weighted by Crippen LogP contribution is -1.97.